The smallest absolute Gasteiger partial charge is 0.256 e. The normalized spacial score (nSPS) is 26.9. The summed E-state index contributed by atoms with van der Waals surface area (Å²) in [7, 11) is 1.67. The highest BCUT2D eigenvalue weighted by Gasteiger charge is 2.41. The van der Waals surface area contributed by atoms with Gasteiger partial charge in [-0.2, -0.15) is 0 Å². The fourth-order valence-corrected chi connectivity index (χ4v) is 4.82. The molecule has 5 rings (SSSR count). The SMILES string of the molecule is COc1ccc(C=C2C(=O)Nc3ccccc32)cc1OC1C[C@H]2CC[C@@H]1C2. The van der Waals surface area contributed by atoms with Gasteiger partial charge >= 0.3 is 0 Å². The lowest BCUT2D eigenvalue weighted by Gasteiger charge is -2.24. The first kappa shape index (κ1) is 16.4. The van der Waals surface area contributed by atoms with Crippen LogP contribution in [0.3, 0.4) is 0 Å². The monoisotopic (exact) mass is 361 g/mol. The van der Waals surface area contributed by atoms with Crippen molar-refractivity contribution in [2.75, 3.05) is 12.4 Å². The maximum Gasteiger partial charge on any atom is 0.256 e. The number of carbonyl (C=O) groups is 1. The summed E-state index contributed by atoms with van der Waals surface area (Å²) in [5, 5.41) is 2.92. The Labute approximate surface area is 159 Å². The quantitative estimate of drug-likeness (QED) is 0.799. The number of para-hydroxylation sites is 1. The molecule has 2 saturated carbocycles. The fraction of sp³-hybridized carbons (Fsp3) is 0.348. The van der Waals surface area contributed by atoms with Gasteiger partial charge in [0.1, 0.15) is 6.10 Å². The lowest BCUT2D eigenvalue weighted by molar-refractivity contribution is -0.110. The number of amides is 1. The summed E-state index contributed by atoms with van der Waals surface area (Å²) in [6.07, 6.45) is 7.29. The zero-order chi connectivity index (χ0) is 18.4. The van der Waals surface area contributed by atoms with Crippen LogP contribution in [-0.2, 0) is 4.79 Å². The minimum Gasteiger partial charge on any atom is -0.493 e. The molecule has 0 aromatic heterocycles. The van der Waals surface area contributed by atoms with Crippen LogP contribution in [0.25, 0.3) is 11.6 Å². The Hall–Kier alpha value is -2.75. The van der Waals surface area contributed by atoms with E-state index < -0.39 is 0 Å². The Morgan fingerprint density at radius 3 is 2.74 bits per heavy atom. The van der Waals surface area contributed by atoms with E-state index in [0.29, 0.717) is 11.5 Å². The van der Waals surface area contributed by atoms with Crippen LogP contribution in [0.1, 0.15) is 36.8 Å². The lowest BCUT2D eigenvalue weighted by atomic mass is 9.97. The molecular formula is C23H23NO3. The van der Waals surface area contributed by atoms with Crippen molar-refractivity contribution in [3.63, 3.8) is 0 Å². The number of benzene rings is 2. The van der Waals surface area contributed by atoms with Gasteiger partial charge in [-0.25, -0.2) is 0 Å². The number of hydrogen-bond donors (Lipinski definition) is 1. The van der Waals surface area contributed by atoms with E-state index in [2.05, 4.69) is 5.32 Å². The number of rotatable bonds is 4. The highest BCUT2D eigenvalue weighted by molar-refractivity contribution is 6.34. The predicted molar refractivity (Wildman–Crippen MR) is 106 cm³/mol. The van der Waals surface area contributed by atoms with Crippen molar-refractivity contribution in [1.29, 1.82) is 0 Å². The molecule has 3 atom stereocenters. The van der Waals surface area contributed by atoms with Crippen LogP contribution < -0.4 is 14.8 Å². The number of nitrogens with one attached hydrogen (secondary N) is 1. The van der Waals surface area contributed by atoms with Gasteiger partial charge in [-0.3, -0.25) is 4.79 Å². The third-order valence-electron chi connectivity index (χ3n) is 6.16. The summed E-state index contributed by atoms with van der Waals surface area (Å²) in [5.41, 5.74) is 3.42. The highest BCUT2D eigenvalue weighted by Crippen LogP contribution is 2.47. The van der Waals surface area contributed by atoms with E-state index in [1.54, 1.807) is 7.11 Å². The molecule has 4 nitrogen and oxygen atoms in total. The lowest BCUT2D eigenvalue weighted by Crippen LogP contribution is -2.23. The van der Waals surface area contributed by atoms with E-state index in [9.17, 15) is 4.79 Å². The van der Waals surface area contributed by atoms with Crippen LogP contribution in [0.2, 0.25) is 0 Å². The molecule has 138 valence electrons. The molecule has 1 unspecified atom stereocenters. The Balaban J connectivity index is 1.46. The van der Waals surface area contributed by atoms with Crippen LogP contribution in [-0.4, -0.2) is 19.1 Å². The van der Waals surface area contributed by atoms with Gasteiger partial charge in [-0.15, -0.1) is 0 Å². The Morgan fingerprint density at radius 1 is 1.07 bits per heavy atom. The third-order valence-corrected chi connectivity index (χ3v) is 6.16. The molecule has 3 aliphatic rings. The van der Waals surface area contributed by atoms with Gasteiger partial charge in [0.15, 0.2) is 11.5 Å². The van der Waals surface area contributed by atoms with E-state index in [-0.39, 0.29) is 12.0 Å². The van der Waals surface area contributed by atoms with Crippen molar-refractivity contribution in [1.82, 2.24) is 0 Å². The number of fused-ring (bicyclic) bond motifs is 3. The van der Waals surface area contributed by atoms with E-state index >= 15 is 0 Å². The molecule has 1 N–H and O–H groups in total. The third kappa shape index (κ3) is 2.89. The second-order valence-corrected chi connectivity index (χ2v) is 7.80. The highest BCUT2D eigenvalue weighted by atomic mass is 16.5. The number of methoxy groups -OCH3 is 1. The molecule has 1 amide bonds. The van der Waals surface area contributed by atoms with Crippen LogP contribution in [0.15, 0.2) is 42.5 Å². The van der Waals surface area contributed by atoms with Crippen molar-refractivity contribution < 1.29 is 14.3 Å². The number of ether oxygens (including phenoxy) is 2. The summed E-state index contributed by atoms with van der Waals surface area (Å²) in [4.78, 5) is 12.4. The van der Waals surface area contributed by atoms with E-state index in [1.807, 2.05) is 48.5 Å². The second-order valence-electron chi connectivity index (χ2n) is 7.80. The van der Waals surface area contributed by atoms with Gasteiger partial charge in [-0.1, -0.05) is 24.3 Å². The summed E-state index contributed by atoms with van der Waals surface area (Å²) < 4.78 is 11.9. The van der Waals surface area contributed by atoms with Gasteiger partial charge in [0.25, 0.3) is 5.91 Å². The first-order valence-electron chi connectivity index (χ1n) is 9.68. The molecule has 4 heteroatoms. The average Bonchev–Trinajstić information content (AvgIpc) is 3.37. The first-order chi connectivity index (χ1) is 13.2. The second kappa shape index (κ2) is 6.45. The Kier molecular flexibility index (Phi) is 3.92. The minimum atomic E-state index is -0.0670. The summed E-state index contributed by atoms with van der Waals surface area (Å²) in [6.45, 7) is 0. The first-order valence-corrected chi connectivity index (χ1v) is 9.68. The van der Waals surface area contributed by atoms with Gasteiger partial charge in [0, 0.05) is 16.8 Å². The van der Waals surface area contributed by atoms with E-state index in [0.717, 1.165) is 40.7 Å². The molecule has 2 aromatic carbocycles. The minimum absolute atomic E-state index is 0.0670. The number of anilines is 1. The van der Waals surface area contributed by atoms with Gasteiger partial charge in [-0.05, 0) is 67.4 Å². The Bertz CT molecular complexity index is 933. The van der Waals surface area contributed by atoms with E-state index in [1.165, 1.54) is 19.3 Å². The summed E-state index contributed by atoms with van der Waals surface area (Å²) in [5.74, 6) is 2.96. The van der Waals surface area contributed by atoms with Crippen molar-refractivity contribution in [2.45, 2.75) is 31.8 Å². The molecule has 0 radical (unpaired) electrons. The van der Waals surface area contributed by atoms with Crippen LogP contribution in [0.4, 0.5) is 5.69 Å². The largest absolute Gasteiger partial charge is 0.493 e. The van der Waals surface area contributed by atoms with Gasteiger partial charge in [0.05, 0.1) is 7.11 Å². The van der Waals surface area contributed by atoms with E-state index in [4.69, 9.17) is 9.47 Å². The Morgan fingerprint density at radius 2 is 1.96 bits per heavy atom. The number of hydrogen-bond acceptors (Lipinski definition) is 3. The van der Waals surface area contributed by atoms with Crippen LogP contribution in [0, 0.1) is 11.8 Å². The molecule has 2 aromatic rings. The zero-order valence-electron chi connectivity index (χ0n) is 15.4. The standard InChI is InChI=1S/C23H23NO3/c1-26-20-9-7-15(11-18-17-4-2-3-5-19(17)24-23(18)25)13-22(20)27-21-12-14-6-8-16(21)10-14/h2-5,7,9,11,13-14,16,21H,6,8,10,12H2,1H3,(H,24,25)/t14-,16+,21?/m0/s1. The molecular weight excluding hydrogens is 338 g/mol. The molecule has 2 fully saturated rings. The van der Waals surface area contributed by atoms with Gasteiger partial charge < -0.3 is 14.8 Å². The topological polar surface area (TPSA) is 47.6 Å². The van der Waals surface area contributed by atoms with Crippen molar-refractivity contribution >= 4 is 23.2 Å². The molecule has 27 heavy (non-hydrogen) atoms. The summed E-state index contributed by atoms with van der Waals surface area (Å²) in [6, 6.07) is 13.6. The zero-order valence-corrected chi connectivity index (χ0v) is 15.4. The van der Waals surface area contributed by atoms with Crippen molar-refractivity contribution in [3.8, 4) is 11.5 Å². The molecule has 0 spiro atoms. The number of carbonyl (C=O) groups excluding carboxylic acids is 1. The maximum absolute atomic E-state index is 12.4. The molecule has 2 bridgehead atoms. The summed E-state index contributed by atoms with van der Waals surface area (Å²) >= 11 is 0. The molecule has 2 aliphatic carbocycles. The predicted octanol–water partition coefficient (Wildman–Crippen LogP) is 4.76. The van der Waals surface area contributed by atoms with Crippen LogP contribution >= 0.6 is 0 Å². The maximum atomic E-state index is 12.4. The fourth-order valence-electron chi connectivity index (χ4n) is 4.82. The van der Waals surface area contributed by atoms with Crippen molar-refractivity contribution in [3.05, 3.63) is 53.6 Å². The average molecular weight is 361 g/mol. The molecule has 1 aliphatic heterocycles. The molecule has 1 heterocycles. The molecule has 0 saturated heterocycles. The van der Waals surface area contributed by atoms with Crippen molar-refractivity contribution in [2.24, 2.45) is 11.8 Å². The van der Waals surface area contributed by atoms with Gasteiger partial charge in [0.2, 0.25) is 0 Å². The van der Waals surface area contributed by atoms with Crippen LogP contribution in [0.5, 0.6) is 11.5 Å².